The number of nitrogens with two attached hydrogens (primary N) is 1. The van der Waals surface area contributed by atoms with Gasteiger partial charge in [-0.1, -0.05) is 37.3 Å². The van der Waals surface area contributed by atoms with E-state index >= 15 is 0 Å². The van der Waals surface area contributed by atoms with Crippen molar-refractivity contribution in [3.8, 4) is 0 Å². The summed E-state index contributed by atoms with van der Waals surface area (Å²) in [6.45, 7) is 2.42. The average Bonchev–Trinajstić information content (AvgIpc) is 3.14. The zero-order chi connectivity index (χ0) is 17.4. The van der Waals surface area contributed by atoms with Crippen molar-refractivity contribution in [2.24, 2.45) is 0 Å². The van der Waals surface area contributed by atoms with Gasteiger partial charge in [-0.3, -0.25) is 9.59 Å². The Hall–Kier alpha value is -2.18. The summed E-state index contributed by atoms with van der Waals surface area (Å²) in [6, 6.07) is 12.7. The second-order valence-electron chi connectivity index (χ2n) is 5.48. The Kier molecular flexibility index (Phi) is 6.96. The van der Waals surface area contributed by atoms with Crippen LogP contribution in [0.2, 0.25) is 0 Å². The van der Waals surface area contributed by atoms with E-state index in [9.17, 15) is 9.59 Å². The largest absolute Gasteiger partial charge is 0.358 e. The molecule has 0 aliphatic carbocycles. The van der Waals surface area contributed by atoms with Gasteiger partial charge in [0.2, 0.25) is 5.91 Å². The van der Waals surface area contributed by atoms with Gasteiger partial charge >= 0.3 is 0 Å². The molecule has 0 radical (unpaired) electrons. The number of benzene rings is 1. The van der Waals surface area contributed by atoms with E-state index in [1.807, 2.05) is 16.8 Å². The van der Waals surface area contributed by atoms with Crippen molar-refractivity contribution in [3.63, 3.8) is 0 Å². The number of amides is 2. The van der Waals surface area contributed by atoms with E-state index in [1.165, 1.54) is 16.0 Å². The van der Waals surface area contributed by atoms with Gasteiger partial charge in [-0.2, -0.15) is 0 Å². The summed E-state index contributed by atoms with van der Waals surface area (Å²) in [6.07, 6.45) is 1.01. The normalized spacial score (nSPS) is 11.8. The van der Waals surface area contributed by atoms with E-state index in [1.54, 1.807) is 18.4 Å². The minimum absolute atomic E-state index is 0.0119. The molecule has 24 heavy (non-hydrogen) atoms. The first-order valence-electron chi connectivity index (χ1n) is 8.07. The first-order chi connectivity index (χ1) is 11.6. The number of carbonyl (C=O) groups is 2. The molecule has 0 fully saturated rings. The number of quaternary nitrogens is 1. The van der Waals surface area contributed by atoms with Crippen molar-refractivity contribution in [1.29, 1.82) is 0 Å². The van der Waals surface area contributed by atoms with E-state index in [2.05, 4.69) is 47.9 Å². The van der Waals surface area contributed by atoms with Crippen LogP contribution in [0.1, 0.15) is 29.0 Å². The van der Waals surface area contributed by atoms with E-state index in [-0.39, 0.29) is 30.9 Å². The Balaban J connectivity index is 2.02. The molecule has 0 aliphatic rings. The fourth-order valence-electron chi connectivity index (χ4n) is 2.41. The lowest BCUT2D eigenvalue weighted by Gasteiger charge is -2.15. The van der Waals surface area contributed by atoms with Crippen LogP contribution in [0.25, 0.3) is 0 Å². The highest BCUT2D eigenvalue weighted by Gasteiger charge is 2.20. The van der Waals surface area contributed by atoms with Crippen molar-refractivity contribution >= 4 is 23.2 Å². The molecule has 2 amide bonds. The minimum Gasteiger partial charge on any atom is -0.358 e. The molecule has 2 rings (SSSR count). The molecule has 1 aromatic carbocycles. The lowest BCUT2D eigenvalue weighted by Crippen LogP contribution is -2.87. The van der Waals surface area contributed by atoms with Crippen molar-refractivity contribution in [2.75, 3.05) is 20.1 Å². The van der Waals surface area contributed by atoms with Crippen molar-refractivity contribution in [3.05, 3.63) is 57.8 Å². The highest BCUT2D eigenvalue weighted by atomic mass is 32.1. The molecule has 0 unspecified atom stereocenters. The summed E-state index contributed by atoms with van der Waals surface area (Å²) in [5.74, 6) is -0.348. The van der Waals surface area contributed by atoms with E-state index in [0.717, 1.165) is 6.42 Å². The van der Waals surface area contributed by atoms with Gasteiger partial charge < -0.3 is 16.0 Å². The van der Waals surface area contributed by atoms with Crippen molar-refractivity contribution in [2.45, 2.75) is 19.4 Å². The average molecular weight is 346 g/mol. The Morgan fingerprint density at radius 1 is 1.17 bits per heavy atom. The van der Waals surface area contributed by atoms with Gasteiger partial charge in [0, 0.05) is 12.6 Å². The minimum atomic E-state index is -0.201. The third-order valence-electron chi connectivity index (χ3n) is 3.86. The molecule has 1 atom stereocenters. The molecule has 2 aromatic rings. The van der Waals surface area contributed by atoms with E-state index < -0.39 is 0 Å². The number of aryl methyl sites for hydroxylation is 1. The molecule has 6 heteroatoms. The molecule has 4 N–H and O–H groups in total. The van der Waals surface area contributed by atoms with Crippen LogP contribution in [-0.4, -0.2) is 32.0 Å². The molecule has 1 heterocycles. The lowest BCUT2D eigenvalue weighted by atomic mass is 10.0. The summed E-state index contributed by atoms with van der Waals surface area (Å²) < 4.78 is 0. The van der Waals surface area contributed by atoms with Crippen molar-refractivity contribution < 1.29 is 14.9 Å². The number of carbonyl (C=O) groups excluding carboxylic acids is 2. The standard InChI is InChI=1S/C18H23N3O2S/c1-3-13-6-8-14(9-7-13)18(15-5-4-10-24-15)21-12-17(23)20-11-16(22)19-2/h4-10,18,21H,3,11-12H2,1-2H3,(H,19,22)(H,20,23)/p+1/t18-/m1/s1. The summed E-state index contributed by atoms with van der Waals surface area (Å²) in [5.41, 5.74) is 2.47. The maximum absolute atomic E-state index is 12.0. The third kappa shape index (κ3) is 5.18. The Morgan fingerprint density at radius 2 is 1.92 bits per heavy atom. The fraction of sp³-hybridized carbons (Fsp3) is 0.333. The van der Waals surface area contributed by atoms with Crippen LogP contribution in [0.4, 0.5) is 0 Å². The Labute approximate surface area is 146 Å². The number of rotatable bonds is 8. The summed E-state index contributed by atoms with van der Waals surface area (Å²) in [7, 11) is 1.55. The number of nitrogens with one attached hydrogen (secondary N) is 2. The monoisotopic (exact) mass is 346 g/mol. The summed E-state index contributed by atoms with van der Waals surface area (Å²) >= 11 is 1.68. The van der Waals surface area contributed by atoms with Crippen LogP contribution >= 0.6 is 11.3 Å². The quantitative estimate of drug-likeness (QED) is 0.662. The van der Waals surface area contributed by atoms with Gasteiger partial charge in [0.05, 0.1) is 11.4 Å². The molecule has 0 bridgehead atoms. The van der Waals surface area contributed by atoms with Crippen LogP contribution in [0, 0.1) is 0 Å². The Morgan fingerprint density at radius 3 is 2.50 bits per heavy atom. The first kappa shape index (κ1) is 18.2. The zero-order valence-corrected chi connectivity index (χ0v) is 14.9. The molecule has 1 aromatic heterocycles. The van der Waals surface area contributed by atoms with Crippen LogP contribution in [0.15, 0.2) is 41.8 Å². The second kappa shape index (κ2) is 9.20. The van der Waals surface area contributed by atoms with E-state index in [4.69, 9.17) is 0 Å². The topological polar surface area (TPSA) is 74.8 Å². The molecule has 0 saturated heterocycles. The molecule has 0 spiro atoms. The summed E-state index contributed by atoms with van der Waals surface area (Å²) in [4.78, 5) is 24.3. The van der Waals surface area contributed by atoms with Crippen molar-refractivity contribution in [1.82, 2.24) is 10.6 Å². The van der Waals surface area contributed by atoms with Gasteiger partial charge in [0.25, 0.3) is 5.91 Å². The van der Waals surface area contributed by atoms with Gasteiger partial charge in [-0.05, 0) is 23.4 Å². The summed E-state index contributed by atoms with van der Waals surface area (Å²) in [5, 5.41) is 9.16. The zero-order valence-electron chi connectivity index (χ0n) is 14.0. The number of likely N-dealkylation sites (N-methyl/N-ethyl adjacent to an activating group) is 1. The van der Waals surface area contributed by atoms with Gasteiger partial charge in [0.1, 0.15) is 6.04 Å². The van der Waals surface area contributed by atoms with E-state index in [0.29, 0.717) is 0 Å². The molecule has 128 valence electrons. The van der Waals surface area contributed by atoms with Gasteiger partial charge in [-0.15, -0.1) is 11.3 Å². The highest BCUT2D eigenvalue weighted by Crippen LogP contribution is 2.23. The first-order valence-corrected chi connectivity index (χ1v) is 8.94. The van der Waals surface area contributed by atoms with Crippen LogP contribution < -0.4 is 16.0 Å². The molecule has 0 aliphatic heterocycles. The van der Waals surface area contributed by atoms with Crippen LogP contribution in [0.5, 0.6) is 0 Å². The highest BCUT2D eigenvalue weighted by molar-refractivity contribution is 7.10. The Bertz CT molecular complexity index is 653. The predicted molar refractivity (Wildman–Crippen MR) is 95.9 cm³/mol. The molecule has 5 nitrogen and oxygen atoms in total. The van der Waals surface area contributed by atoms with Crippen LogP contribution in [0.3, 0.4) is 0 Å². The van der Waals surface area contributed by atoms with Crippen LogP contribution in [-0.2, 0) is 16.0 Å². The predicted octanol–water partition coefficient (Wildman–Crippen LogP) is 0.826. The third-order valence-corrected chi connectivity index (χ3v) is 4.82. The number of hydrogen-bond acceptors (Lipinski definition) is 3. The smallest absolute Gasteiger partial charge is 0.275 e. The number of thiophene rings is 1. The molecule has 0 saturated carbocycles. The van der Waals surface area contributed by atoms with Gasteiger partial charge in [0.15, 0.2) is 6.54 Å². The molecular formula is C18H24N3O2S+. The maximum Gasteiger partial charge on any atom is 0.275 e. The van der Waals surface area contributed by atoms with Gasteiger partial charge in [-0.25, -0.2) is 0 Å². The second-order valence-corrected chi connectivity index (χ2v) is 6.46. The fourth-order valence-corrected chi connectivity index (χ4v) is 3.26. The SMILES string of the molecule is CCc1ccc([C@@H]([NH2+]CC(=O)NCC(=O)NC)c2cccs2)cc1. The maximum atomic E-state index is 12.0. The lowest BCUT2D eigenvalue weighted by molar-refractivity contribution is -0.676. The number of hydrogen-bond donors (Lipinski definition) is 3. The molecular weight excluding hydrogens is 322 g/mol.